The van der Waals surface area contributed by atoms with E-state index in [1.807, 2.05) is 0 Å². The molecule has 1 atom stereocenters. The maximum Gasteiger partial charge on any atom is 0.169 e. The van der Waals surface area contributed by atoms with Crippen molar-refractivity contribution < 1.29 is 0 Å². The van der Waals surface area contributed by atoms with Gasteiger partial charge in [0.1, 0.15) is 0 Å². The van der Waals surface area contributed by atoms with E-state index in [2.05, 4.69) is 15.1 Å². The van der Waals surface area contributed by atoms with Gasteiger partial charge in [-0.2, -0.15) is 0 Å². The number of likely N-dealkylation sites (tertiary alicyclic amines) is 2. The van der Waals surface area contributed by atoms with E-state index in [4.69, 9.17) is 12.2 Å². The molecule has 3 nitrogen and oxygen atoms in total. The van der Waals surface area contributed by atoms with Crippen LogP contribution < -0.4 is 5.32 Å². The fourth-order valence-corrected chi connectivity index (χ4v) is 3.97. The van der Waals surface area contributed by atoms with Gasteiger partial charge in [-0.3, -0.25) is 0 Å². The highest BCUT2D eigenvalue weighted by atomic mass is 32.1. The Kier molecular flexibility index (Phi) is 5.16. The van der Waals surface area contributed by atoms with Gasteiger partial charge in [0, 0.05) is 25.2 Å². The number of piperidine rings is 2. The van der Waals surface area contributed by atoms with Crippen LogP contribution in [0.1, 0.15) is 57.8 Å². The number of thiocarbonyl (C=S) groups is 1. The van der Waals surface area contributed by atoms with Crippen molar-refractivity contribution in [3.8, 4) is 0 Å². The molecule has 3 aliphatic rings. The number of nitrogens with zero attached hydrogens (tertiary/aromatic N) is 2. The molecular weight excluding hydrogens is 266 g/mol. The Morgan fingerprint density at radius 1 is 0.950 bits per heavy atom. The highest BCUT2D eigenvalue weighted by Crippen LogP contribution is 2.24. The van der Waals surface area contributed by atoms with E-state index in [1.54, 1.807) is 0 Å². The molecule has 0 amide bonds. The number of hydrogen-bond donors (Lipinski definition) is 1. The molecule has 114 valence electrons. The van der Waals surface area contributed by atoms with Crippen LogP contribution in [0.2, 0.25) is 0 Å². The smallest absolute Gasteiger partial charge is 0.169 e. The third-order valence-corrected chi connectivity index (χ3v) is 5.37. The molecule has 0 aromatic heterocycles. The molecule has 2 saturated heterocycles. The van der Waals surface area contributed by atoms with E-state index in [-0.39, 0.29) is 0 Å². The van der Waals surface area contributed by atoms with Crippen LogP contribution in [0.5, 0.6) is 0 Å². The molecule has 3 rings (SSSR count). The first kappa shape index (κ1) is 14.6. The van der Waals surface area contributed by atoms with Crippen molar-refractivity contribution in [2.45, 2.75) is 69.9 Å². The van der Waals surface area contributed by atoms with Crippen LogP contribution in [-0.4, -0.2) is 53.2 Å². The minimum absolute atomic E-state index is 0.685. The minimum Gasteiger partial charge on any atom is -0.360 e. The minimum atomic E-state index is 0.685. The molecule has 0 aromatic carbocycles. The summed E-state index contributed by atoms with van der Waals surface area (Å²) < 4.78 is 0. The molecule has 1 aliphatic carbocycles. The fraction of sp³-hybridized carbons (Fsp3) is 0.938. The second-order valence-corrected chi connectivity index (χ2v) is 7.14. The van der Waals surface area contributed by atoms with Gasteiger partial charge in [0.05, 0.1) is 0 Å². The molecule has 2 heterocycles. The van der Waals surface area contributed by atoms with Gasteiger partial charge in [-0.25, -0.2) is 0 Å². The van der Waals surface area contributed by atoms with Crippen molar-refractivity contribution >= 4 is 17.3 Å². The lowest BCUT2D eigenvalue weighted by atomic mass is 9.99. The summed E-state index contributed by atoms with van der Waals surface area (Å²) in [5, 5.41) is 4.57. The van der Waals surface area contributed by atoms with Crippen LogP contribution in [0.3, 0.4) is 0 Å². The van der Waals surface area contributed by atoms with E-state index < -0.39 is 0 Å². The van der Waals surface area contributed by atoms with Gasteiger partial charge in [0.2, 0.25) is 0 Å². The Bertz CT molecular complexity index is 324. The molecule has 2 aliphatic heterocycles. The van der Waals surface area contributed by atoms with Gasteiger partial charge < -0.3 is 15.1 Å². The average molecular weight is 295 g/mol. The zero-order valence-corrected chi connectivity index (χ0v) is 13.5. The molecule has 0 unspecified atom stereocenters. The van der Waals surface area contributed by atoms with Crippen LogP contribution in [0.25, 0.3) is 0 Å². The van der Waals surface area contributed by atoms with Crippen LogP contribution in [0.4, 0.5) is 0 Å². The summed E-state index contributed by atoms with van der Waals surface area (Å²) in [5.41, 5.74) is 0. The largest absolute Gasteiger partial charge is 0.360 e. The normalized spacial score (nSPS) is 28.4. The summed E-state index contributed by atoms with van der Waals surface area (Å²) >= 11 is 5.64. The molecule has 1 N–H and O–H groups in total. The van der Waals surface area contributed by atoms with Crippen LogP contribution >= 0.6 is 12.2 Å². The third kappa shape index (κ3) is 4.08. The predicted octanol–water partition coefficient (Wildman–Crippen LogP) is 2.75. The Balaban J connectivity index is 1.47. The van der Waals surface area contributed by atoms with Crippen molar-refractivity contribution in [2.24, 2.45) is 0 Å². The van der Waals surface area contributed by atoms with Crippen molar-refractivity contribution in [1.29, 1.82) is 0 Å². The van der Waals surface area contributed by atoms with E-state index in [9.17, 15) is 0 Å². The SMILES string of the molecule is S=C(NC1CC1)N1CCCC[C@H]1CCN1CCCCC1. The van der Waals surface area contributed by atoms with Crippen molar-refractivity contribution in [2.75, 3.05) is 26.2 Å². The molecular formula is C16H29N3S. The molecule has 0 bridgehead atoms. The lowest BCUT2D eigenvalue weighted by molar-refractivity contribution is 0.174. The van der Waals surface area contributed by atoms with Crippen LogP contribution in [0, 0.1) is 0 Å². The summed E-state index contributed by atoms with van der Waals surface area (Å²) in [6.45, 7) is 5.07. The first-order valence-corrected chi connectivity index (χ1v) is 9.03. The summed E-state index contributed by atoms with van der Waals surface area (Å²) in [5.74, 6) is 0. The van der Waals surface area contributed by atoms with Gasteiger partial charge >= 0.3 is 0 Å². The lowest BCUT2D eigenvalue weighted by Crippen LogP contribution is -2.50. The standard InChI is InChI=1S/C16H29N3S/c20-16(17-14-7-8-14)19-12-5-2-6-15(19)9-13-18-10-3-1-4-11-18/h14-15H,1-13H2,(H,17,20)/t15-/m0/s1. The maximum atomic E-state index is 5.64. The molecule has 0 radical (unpaired) electrons. The van der Waals surface area contributed by atoms with Gasteiger partial charge in [0.25, 0.3) is 0 Å². The Labute approximate surface area is 129 Å². The molecule has 20 heavy (non-hydrogen) atoms. The van der Waals surface area contributed by atoms with E-state index >= 15 is 0 Å². The first-order valence-electron chi connectivity index (χ1n) is 8.62. The maximum absolute atomic E-state index is 5.64. The van der Waals surface area contributed by atoms with Crippen molar-refractivity contribution in [1.82, 2.24) is 15.1 Å². The van der Waals surface area contributed by atoms with E-state index in [1.165, 1.54) is 84.0 Å². The van der Waals surface area contributed by atoms with Gasteiger partial charge in [0.15, 0.2) is 5.11 Å². The highest BCUT2D eigenvalue weighted by molar-refractivity contribution is 7.80. The average Bonchev–Trinajstić information content (AvgIpc) is 3.30. The van der Waals surface area contributed by atoms with Crippen molar-refractivity contribution in [3.05, 3.63) is 0 Å². The molecule has 1 saturated carbocycles. The first-order chi connectivity index (χ1) is 9.83. The Hall–Kier alpha value is -0.350. The van der Waals surface area contributed by atoms with Crippen LogP contribution in [0.15, 0.2) is 0 Å². The van der Waals surface area contributed by atoms with Gasteiger partial charge in [-0.1, -0.05) is 6.42 Å². The van der Waals surface area contributed by atoms with E-state index in [0.717, 1.165) is 5.11 Å². The predicted molar refractivity (Wildman–Crippen MR) is 88.0 cm³/mol. The van der Waals surface area contributed by atoms with E-state index in [0.29, 0.717) is 12.1 Å². The second kappa shape index (κ2) is 7.08. The number of rotatable bonds is 4. The number of nitrogens with one attached hydrogen (secondary N) is 1. The summed E-state index contributed by atoms with van der Waals surface area (Å²) in [6.07, 6.45) is 12.2. The topological polar surface area (TPSA) is 18.5 Å². The third-order valence-electron chi connectivity index (χ3n) is 5.02. The quantitative estimate of drug-likeness (QED) is 0.804. The Morgan fingerprint density at radius 2 is 1.70 bits per heavy atom. The van der Waals surface area contributed by atoms with Crippen molar-refractivity contribution in [3.63, 3.8) is 0 Å². The summed E-state index contributed by atoms with van der Waals surface area (Å²) in [6, 6.07) is 1.37. The van der Waals surface area contributed by atoms with Crippen LogP contribution in [-0.2, 0) is 0 Å². The molecule has 3 fully saturated rings. The highest BCUT2D eigenvalue weighted by Gasteiger charge is 2.29. The fourth-order valence-electron chi connectivity index (χ4n) is 3.57. The summed E-state index contributed by atoms with van der Waals surface area (Å²) in [4.78, 5) is 5.16. The van der Waals surface area contributed by atoms with Gasteiger partial charge in [-0.05, 0) is 76.7 Å². The number of hydrogen-bond acceptors (Lipinski definition) is 2. The zero-order chi connectivity index (χ0) is 13.8. The Morgan fingerprint density at radius 3 is 2.45 bits per heavy atom. The molecule has 4 heteroatoms. The summed E-state index contributed by atoms with van der Waals surface area (Å²) in [7, 11) is 0. The molecule has 0 aromatic rings. The molecule has 0 spiro atoms. The zero-order valence-electron chi connectivity index (χ0n) is 12.6. The second-order valence-electron chi connectivity index (χ2n) is 6.76. The monoisotopic (exact) mass is 295 g/mol. The van der Waals surface area contributed by atoms with Gasteiger partial charge in [-0.15, -0.1) is 0 Å². The lowest BCUT2D eigenvalue weighted by Gasteiger charge is -2.39.